The van der Waals surface area contributed by atoms with Gasteiger partial charge in [-0.15, -0.1) is 0 Å². The molecule has 1 aromatic rings. The number of benzene rings is 1. The van der Waals surface area contributed by atoms with Gasteiger partial charge in [-0.3, -0.25) is 4.90 Å². The van der Waals surface area contributed by atoms with Crippen LogP contribution in [0.5, 0.6) is 0 Å². The molecule has 2 nitrogen and oxygen atoms in total. The zero-order valence-corrected chi connectivity index (χ0v) is 11.6. The van der Waals surface area contributed by atoms with E-state index in [1.54, 1.807) is 0 Å². The third kappa shape index (κ3) is 1.98. The van der Waals surface area contributed by atoms with E-state index in [-0.39, 0.29) is 0 Å². The monoisotopic (exact) mass is 245 g/mol. The number of rotatable bonds is 1. The quantitative estimate of drug-likeness (QED) is 0.749. The molecule has 3 rings (SSSR count). The molecule has 2 fully saturated rings. The van der Waals surface area contributed by atoms with E-state index in [9.17, 15) is 0 Å². The smallest absolute Gasteiger partial charge is 0.111 e. The van der Waals surface area contributed by atoms with Gasteiger partial charge in [0.15, 0.2) is 0 Å². The van der Waals surface area contributed by atoms with Crippen molar-refractivity contribution in [3.8, 4) is 0 Å². The predicted molar refractivity (Wildman–Crippen MR) is 73.2 cm³/mol. The first-order valence-electron chi connectivity index (χ1n) is 7.01. The highest BCUT2D eigenvalue weighted by Gasteiger charge is 2.47. The molecule has 0 aliphatic carbocycles. The van der Waals surface area contributed by atoms with E-state index < -0.39 is 0 Å². The van der Waals surface area contributed by atoms with Gasteiger partial charge >= 0.3 is 0 Å². The van der Waals surface area contributed by atoms with Crippen molar-refractivity contribution < 1.29 is 4.74 Å². The lowest BCUT2D eigenvalue weighted by Crippen LogP contribution is -2.42. The molecule has 0 saturated carbocycles. The first-order valence-corrected chi connectivity index (χ1v) is 7.01. The van der Waals surface area contributed by atoms with Crippen LogP contribution in [-0.2, 0) is 4.74 Å². The summed E-state index contributed by atoms with van der Waals surface area (Å²) in [6, 6.07) is 11.9. The maximum atomic E-state index is 6.00. The molecule has 18 heavy (non-hydrogen) atoms. The van der Waals surface area contributed by atoms with Crippen molar-refractivity contribution in [1.29, 1.82) is 0 Å². The zero-order valence-electron chi connectivity index (χ0n) is 11.6. The number of hydrogen-bond acceptors (Lipinski definition) is 2. The van der Waals surface area contributed by atoms with Crippen LogP contribution in [0.25, 0.3) is 0 Å². The van der Waals surface area contributed by atoms with Gasteiger partial charge in [-0.2, -0.15) is 0 Å². The second-order valence-electron chi connectivity index (χ2n) is 6.62. The molecule has 0 aromatic heterocycles. The lowest BCUT2D eigenvalue weighted by atomic mass is 9.84. The van der Waals surface area contributed by atoms with E-state index in [4.69, 9.17) is 4.74 Å². The zero-order chi connectivity index (χ0) is 12.8. The Morgan fingerprint density at radius 1 is 1.11 bits per heavy atom. The highest BCUT2D eigenvalue weighted by atomic mass is 16.5. The summed E-state index contributed by atoms with van der Waals surface area (Å²) in [5.74, 6) is 0. The fourth-order valence-corrected chi connectivity index (χ4v) is 3.50. The Kier molecular flexibility index (Phi) is 2.95. The van der Waals surface area contributed by atoms with Gasteiger partial charge in [0.1, 0.15) is 6.23 Å². The molecule has 0 radical (unpaired) electrons. The molecule has 1 aromatic carbocycles. The molecule has 2 heterocycles. The third-order valence-electron chi connectivity index (χ3n) is 4.37. The van der Waals surface area contributed by atoms with Gasteiger partial charge in [-0.25, -0.2) is 0 Å². The second-order valence-corrected chi connectivity index (χ2v) is 6.62. The molecule has 2 aliphatic heterocycles. The Hall–Kier alpha value is -0.860. The molecule has 0 bridgehead atoms. The van der Waals surface area contributed by atoms with Gasteiger partial charge in [0.25, 0.3) is 0 Å². The lowest BCUT2D eigenvalue weighted by molar-refractivity contribution is 0.0242. The average Bonchev–Trinajstić information content (AvgIpc) is 2.88. The van der Waals surface area contributed by atoms with E-state index >= 15 is 0 Å². The van der Waals surface area contributed by atoms with E-state index in [1.807, 2.05) is 0 Å². The predicted octanol–water partition coefficient (Wildman–Crippen LogP) is 3.59. The Morgan fingerprint density at radius 2 is 1.83 bits per heavy atom. The van der Waals surface area contributed by atoms with Crippen molar-refractivity contribution in [3.05, 3.63) is 35.9 Å². The summed E-state index contributed by atoms with van der Waals surface area (Å²) in [6.45, 7) is 7.89. The minimum absolute atomic E-state index is 0.329. The van der Waals surface area contributed by atoms with Crippen molar-refractivity contribution in [2.45, 2.75) is 51.9 Å². The minimum Gasteiger partial charge on any atom is -0.361 e. The average molecular weight is 245 g/mol. The third-order valence-corrected chi connectivity index (χ3v) is 4.37. The molecule has 3 atom stereocenters. The molecule has 2 aliphatic rings. The van der Waals surface area contributed by atoms with Crippen LogP contribution in [-0.4, -0.2) is 23.8 Å². The Bertz CT molecular complexity index is 409. The molecule has 2 heteroatoms. The largest absolute Gasteiger partial charge is 0.361 e. The molecule has 0 N–H and O–H groups in total. The first kappa shape index (κ1) is 12.2. The van der Waals surface area contributed by atoms with E-state index in [0.29, 0.717) is 23.7 Å². The number of nitrogens with zero attached hydrogens (tertiary/aromatic N) is 1. The Morgan fingerprint density at radius 3 is 2.50 bits per heavy atom. The van der Waals surface area contributed by atoms with Crippen LogP contribution in [0.3, 0.4) is 0 Å². The van der Waals surface area contributed by atoms with Crippen molar-refractivity contribution in [2.75, 3.05) is 6.61 Å². The second kappa shape index (κ2) is 4.36. The van der Waals surface area contributed by atoms with E-state index in [0.717, 1.165) is 6.61 Å². The minimum atomic E-state index is 0.329. The number of ether oxygens (including phenoxy) is 1. The van der Waals surface area contributed by atoms with Crippen LogP contribution in [0.1, 0.15) is 45.2 Å². The van der Waals surface area contributed by atoms with Crippen LogP contribution in [0.2, 0.25) is 0 Å². The number of fused-ring (bicyclic) bond motifs is 1. The summed E-state index contributed by atoms with van der Waals surface area (Å²) in [5.41, 5.74) is 1.73. The van der Waals surface area contributed by atoms with Crippen molar-refractivity contribution >= 4 is 0 Å². The van der Waals surface area contributed by atoms with Gasteiger partial charge in [0.05, 0.1) is 12.6 Å². The fraction of sp³-hybridized carbons (Fsp3) is 0.625. The molecule has 98 valence electrons. The Balaban J connectivity index is 1.89. The van der Waals surface area contributed by atoms with Gasteiger partial charge in [-0.1, -0.05) is 51.1 Å². The summed E-state index contributed by atoms with van der Waals surface area (Å²) in [5, 5.41) is 0. The lowest BCUT2D eigenvalue weighted by Gasteiger charge is -2.37. The van der Waals surface area contributed by atoms with Gasteiger partial charge < -0.3 is 4.74 Å². The standard InChI is InChI=1S/C16H23NO/c1-16(2,3)14-9-10-15-17(14)13(11-18-15)12-7-5-4-6-8-12/h4-8,13-15H,9-11H2,1-3H3/t13-,14+,15?/m1/s1. The Labute approximate surface area is 110 Å². The van der Waals surface area contributed by atoms with Crippen LogP contribution in [0.4, 0.5) is 0 Å². The maximum Gasteiger partial charge on any atom is 0.111 e. The van der Waals surface area contributed by atoms with Crippen molar-refractivity contribution in [1.82, 2.24) is 4.90 Å². The molecular weight excluding hydrogens is 222 g/mol. The topological polar surface area (TPSA) is 12.5 Å². The maximum absolute atomic E-state index is 6.00. The summed E-state index contributed by atoms with van der Waals surface area (Å²) in [4.78, 5) is 2.62. The summed E-state index contributed by atoms with van der Waals surface area (Å²) < 4.78 is 6.00. The fourth-order valence-electron chi connectivity index (χ4n) is 3.50. The van der Waals surface area contributed by atoms with Crippen LogP contribution >= 0.6 is 0 Å². The molecular formula is C16H23NO. The first-order chi connectivity index (χ1) is 8.57. The summed E-state index contributed by atoms with van der Waals surface area (Å²) in [7, 11) is 0. The highest BCUT2D eigenvalue weighted by Crippen LogP contribution is 2.45. The van der Waals surface area contributed by atoms with Crippen LogP contribution in [0, 0.1) is 5.41 Å². The van der Waals surface area contributed by atoms with Gasteiger partial charge in [0, 0.05) is 6.04 Å². The van der Waals surface area contributed by atoms with Gasteiger partial charge in [-0.05, 0) is 23.8 Å². The SMILES string of the molecule is CC(C)(C)[C@@H]1CCC2OC[C@H](c3ccccc3)N21. The van der Waals surface area contributed by atoms with E-state index in [2.05, 4.69) is 56.0 Å². The summed E-state index contributed by atoms with van der Waals surface area (Å²) >= 11 is 0. The highest BCUT2D eigenvalue weighted by molar-refractivity contribution is 5.21. The summed E-state index contributed by atoms with van der Waals surface area (Å²) in [6.07, 6.45) is 2.79. The molecule has 0 amide bonds. The van der Waals surface area contributed by atoms with Gasteiger partial charge in [0.2, 0.25) is 0 Å². The molecule has 1 unspecified atom stereocenters. The van der Waals surface area contributed by atoms with E-state index in [1.165, 1.54) is 18.4 Å². The molecule has 2 saturated heterocycles. The van der Waals surface area contributed by atoms with Crippen molar-refractivity contribution in [2.24, 2.45) is 5.41 Å². The van der Waals surface area contributed by atoms with Crippen molar-refractivity contribution in [3.63, 3.8) is 0 Å². The number of hydrogen-bond donors (Lipinski definition) is 0. The molecule has 0 spiro atoms. The van der Waals surface area contributed by atoms with Crippen LogP contribution in [0.15, 0.2) is 30.3 Å². The van der Waals surface area contributed by atoms with Crippen LogP contribution < -0.4 is 0 Å². The normalized spacial score (nSPS) is 32.7.